The summed E-state index contributed by atoms with van der Waals surface area (Å²) in [5, 5.41) is 0. The highest BCUT2D eigenvalue weighted by molar-refractivity contribution is 5.11. The smallest absolute Gasteiger partial charge is 0.122 e. The van der Waals surface area contributed by atoms with Gasteiger partial charge in [0, 0.05) is 19.6 Å². The highest BCUT2D eigenvalue weighted by atomic mass is 16.3. The highest BCUT2D eigenvalue weighted by Gasteiger charge is 2.25. The van der Waals surface area contributed by atoms with Crippen molar-refractivity contribution in [2.75, 3.05) is 33.7 Å². The second-order valence-corrected chi connectivity index (χ2v) is 4.21. The first-order chi connectivity index (χ1) is 6.66. The molecule has 1 aliphatic heterocycles. The summed E-state index contributed by atoms with van der Waals surface area (Å²) in [6, 6.07) is 4.55. The summed E-state index contributed by atoms with van der Waals surface area (Å²) in [5.41, 5.74) is 0. The van der Waals surface area contributed by atoms with Crippen molar-refractivity contribution >= 4 is 0 Å². The molecule has 2 rings (SSSR count). The molecule has 2 heterocycles. The first kappa shape index (κ1) is 9.74. The van der Waals surface area contributed by atoms with Crippen molar-refractivity contribution in [1.29, 1.82) is 0 Å². The summed E-state index contributed by atoms with van der Waals surface area (Å²) in [6.07, 6.45) is 0. The molecular weight excluding hydrogens is 176 g/mol. The third-order valence-electron chi connectivity index (χ3n) is 2.94. The van der Waals surface area contributed by atoms with Crippen LogP contribution in [0.5, 0.6) is 0 Å². The SMILES string of the molecule is Cc1ccc(C2CN(C)CCN2C)o1. The van der Waals surface area contributed by atoms with Crippen LogP contribution in [0.3, 0.4) is 0 Å². The van der Waals surface area contributed by atoms with Crippen molar-refractivity contribution in [2.24, 2.45) is 0 Å². The summed E-state index contributed by atoms with van der Waals surface area (Å²) in [7, 11) is 4.32. The molecule has 0 bridgehead atoms. The van der Waals surface area contributed by atoms with Crippen LogP contribution in [0.15, 0.2) is 16.5 Å². The van der Waals surface area contributed by atoms with E-state index >= 15 is 0 Å². The number of hydrogen-bond donors (Lipinski definition) is 0. The Morgan fingerprint density at radius 1 is 1.29 bits per heavy atom. The molecule has 3 nitrogen and oxygen atoms in total. The molecule has 0 amide bonds. The number of aryl methyl sites for hydroxylation is 1. The van der Waals surface area contributed by atoms with E-state index < -0.39 is 0 Å². The quantitative estimate of drug-likeness (QED) is 0.675. The molecule has 0 radical (unpaired) electrons. The second kappa shape index (κ2) is 3.75. The maximum absolute atomic E-state index is 5.67. The van der Waals surface area contributed by atoms with Gasteiger partial charge in [0.05, 0.1) is 6.04 Å². The third-order valence-corrected chi connectivity index (χ3v) is 2.94. The fraction of sp³-hybridized carbons (Fsp3) is 0.636. The van der Waals surface area contributed by atoms with Crippen molar-refractivity contribution in [3.05, 3.63) is 23.7 Å². The Kier molecular flexibility index (Phi) is 2.61. The van der Waals surface area contributed by atoms with Crippen molar-refractivity contribution in [3.63, 3.8) is 0 Å². The van der Waals surface area contributed by atoms with Gasteiger partial charge in [-0.1, -0.05) is 0 Å². The zero-order chi connectivity index (χ0) is 10.1. The van der Waals surface area contributed by atoms with E-state index in [-0.39, 0.29) is 0 Å². The fourth-order valence-electron chi connectivity index (χ4n) is 1.95. The van der Waals surface area contributed by atoms with Crippen LogP contribution in [0, 0.1) is 6.92 Å². The molecule has 14 heavy (non-hydrogen) atoms. The van der Waals surface area contributed by atoms with Gasteiger partial charge >= 0.3 is 0 Å². The van der Waals surface area contributed by atoms with Crippen LogP contribution in [-0.4, -0.2) is 43.5 Å². The summed E-state index contributed by atoms with van der Waals surface area (Å²) in [6.45, 7) is 5.31. The van der Waals surface area contributed by atoms with Crippen molar-refractivity contribution in [2.45, 2.75) is 13.0 Å². The number of likely N-dealkylation sites (N-methyl/N-ethyl adjacent to an activating group) is 2. The largest absolute Gasteiger partial charge is 0.465 e. The van der Waals surface area contributed by atoms with Crippen molar-refractivity contribution < 1.29 is 4.42 Å². The Morgan fingerprint density at radius 2 is 2.07 bits per heavy atom. The molecule has 1 aliphatic rings. The first-order valence-electron chi connectivity index (χ1n) is 5.12. The molecule has 1 unspecified atom stereocenters. The van der Waals surface area contributed by atoms with Crippen LogP contribution >= 0.6 is 0 Å². The summed E-state index contributed by atoms with van der Waals surface area (Å²) < 4.78 is 5.67. The van der Waals surface area contributed by atoms with E-state index in [2.05, 4.69) is 30.0 Å². The Labute approximate surface area is 85.3 Å². The topological polar surface area (TPSA) is 19.6 Å². The molecule has 1 aromatic rings. The van der Waals surface area contributed by atoms with Gasteiger partial charge in [-0.05, 0) is 33.2 Å². The average Bonchev–Trinajstić information content (AvgIpc) is 2.56. The molecule has 1 fully saturated rings. The minimum atomic E-state index is 0.419. The van der Waals surface area contributed by atoms with Gasteiger partial charge in [-0.2, -0.15) is 0 Å². The summed E-state index contributed by atoms with van der Waals surface area (Å²) >= 11 is 0. The number of furan rings is 1. The Hall–Kier alpha value is -0.800. The molecule has 78 valence electrons. The molecule has 0 aromatic carbocycles. The maximum Gasteiger partial charge on any atom is 0.122 e. The minimum Gasteiger partial charge on any atom is -0.465 e. The highest BCUT2D eigenvalue weighted by Crippen LogP contribution is 2.24. The van der Waals surface area contributed by atoms with Gasteiger partial charge in [-0.15, -0.1) is 0 Å². The standard InChI is InChI=1S/C11H18N2O/c1-9-4-5-11(14-9)10-8-12(2)6-7-13(10)3/h4-5,10H,6-8H2,1-3H3. The lowest BCUT2D eigenvalue weighted by molar-refractivity contribution is 0.0997. The van der Waals surface area contributed by atoms with Gasteiger partial charge in [0.25, 0.3) is 0 Å². The Morgan fingerprint density at radius 3 is 2.71 bits per heavy atom. The maximum atomic E-state index is 5.67. The lowest BCUT2D eigenvalue weighted by atomic mass is 10.1. The number of hydrogen-bond acceptors (Lipinski definition) is 3. The normalized spacial score (nSPS) is 25.5. The molecular formula is C11H18N2O. The molecule has 0 N–H and O–H groups in total. The lowest BCUT2D eigenvalue weighted by Gasteiger charge is -2.36. The molecule has 1 aromatic heterocycles. The Balaban J connectivity index is 2.15. The number of nitrogens with zero attached hydrogens (tertiary/aromatic N) is 2. The lowest BCUT2D eigenvalue weighted by Crippen LogP contribution is -2.44. The van der Waals surface area contributed by atoms with E-state index in [0.717, 1.165) is 31.2 Å². The summed E-state index contributed by atoms with van der Waals surface area (Å²) in [4.78, 5) is 4.71. The fourth-order valence-corrected chi connectivity index (χ4v) is 1.95. The number of piperazine rings is 1. The van der Waals surface area contributed by atoms with Gasteiger partial charge < -0.3 is 9.32 Å². The van der Waals surface area contributed by atoms with Crippen LogP contribution in [0.1, 0.15) is 17.6 Å². The molecule has 0 aliphatic carbocycles. The van der Waals surface area contributed by atoms with E-state index in [9.17, 15) is 0 Å². The Bertz CT molecular complexity index is 308. The van der Waals surface area contributed by atoms with Gasteiger partial charge in [0.1, 0.15) is 11.5 Å². The average molecular weight is 194 g/mol. The summed E-state index contributed by atoms with van der Waals surface area (Å²) in [5.74, 6) is 2.10. The van der Waals surface area contributed by atoms with Gasteiger partial charge in [-0.25, -0.2) is 0 Å². The van der Waals surface area contributed by atoms with Crippen LogP contribution in [-0.2, 0) is 0 Å². The predicted octanol–water partition coefficient (Wildman–Crippen LogP) is 1.51. The van der Waals surface area contributed by atoms with Gasteiger partial charge in [-0.3, -0.25) is 4.90 Å². The van der Waals surface area contributed by atoms with Crippen LogP contribution in [0.25, 0.3) is 0 Å². The van der Waals surface area contributed by atoms with E-state index in [1.807, 2.05) is 13.0 Å². The number of rotatable bonds is 1. The van der Waals surface area contributed by atoms with Gasteiger partial charge in [0.15, 0.2) is 0 Å². The molecule has 3 heteroatoms. The van der Waals surface area contributed by atoms with Crippen LogP contribution < -0.4 is 0 Å². The van der Waals surface area contributed by atoms with Crippen LogP contribution in [0.2, 0.25) is 0 Å². The van der Waals surface area contributed by atoms with E-state index in [0.29, 0.717) is 6.04 Å². The molecule has 1 atom stereocenters. The van der Waals surface area contributed by atoms with Gasteiger partial charge in [0.2, 0.25) is 0 Å². The monoisotopic (exact) mass is 194 g/mol. The zero-order valence-corrected chi connectivity index (χ0v) is 9.16. The molecule has 0 saturated carbocycles. The zero-order valence-electron chi connectivity index (χ0n) is 9.16. The first-order valence-corrected chi connectivity index (χ1v) is 5.12. The van der Waals surface area contributed by atoms with Crippen molar-refractivity contribution in [3.8, 4) is 0 Å². The third kappa shape index (κ3) is 1.83. The predicted molar refractivity (Wildman–Crippen MR) is 56.3 cm³/mol. The minimum absolute atomic E-state index is 0.419. The second-order valence-electron chi connectivity index (χ2n) is 4.21. The van der Waals surface area contributed by atoms with E-state index in [1.165, 1.54) is 0 Å². The van der Waals surface area contributed by atoms with Crippen LogP contribution in [0.4, 0.5) is 0 Å². The van der Waals surface area contributed by atoms with Crippen molar-refractivity contribution in [1.82, 2.24) is 9.80 Å². The molecule has 0 spiro atoms. The molecule has 1 saturated heterocycles. The van der Waals surface area contributed by atoms with E-state index in [1.54, 1.807) is 0 Å². The van der Waals surface area contributed by atoms with E-state index in [4.69, 9.17) is 4.42 Å².